The Morgan fingerprint density at radius 2 is 2.44 bits per heavy atom. The van der Waals surface area contributed by atoms with Crippen molar-refractivity contribution in [3.8, 4) is 0 Å². The minimum Gasteiger partial charge on any atom is -0.345 e. The highest BCUT2D eigenvalue weighted by Crippen LogP contribution is 2.17. The van der Waals surface area contributed by atoms with Crippen molar-refractivity contribution < 1.29 is 4.79 Å². The SMILES string of the molecule is Cc1cnc(CNC(=O)c2cc(S)cs2)s1. The number of rotatable bonds is 3. The summed E-state index contributed by atoms with van der Waals surface area (Å²) >= 11 is 7.15. The van der Waals surface area contributed by atoms with E-state index >= 15 is 0 Å². The van der Waals surface area contributed by atoms with Gasteiger partial charge >= 0.3 is 0 Å². The summed E-state index contributed by atoms with van der Waals surface area (Å²) in [5.41, 5.74) is 0. The molecule has 0 fully saturated rings. The van der Waals surface area contributed by atoms with Crippen molar-refractivity contribution in [3.63, 3.8) is 0 Å². The van der Waals surface area contributed by atoms with Crippen molar-refractivity contribution in [1.29, 1.82) is 0 Å². The lowest BCUT2D eigenvalue weighted by Crippen LogP contribution is -2.21. The highest BCUT2D eigenvalue weighted by atomic mass is 32.1. The van der Waals surface area contributed by atoms with Gasteiger partial charge < -0.3 is 5.32 Å². The van der Waals surface area contributed by atoms with Gasteiger partial charge in [-0.1, -0.05) is 0 Å². The van der Waals surface area contributed by atoms with E-state index in [1.807, 2.05) is 18.5 Å². The second-order valence-electron chi connectivity index (χ2n) is 3.22. The molecule has 84 valence electrons. The maximum absolute atomic E-state index is 11.7. The highest BCUT2D eigenvalue weighted by molar-refractivity contribution is 7.80. The third-order valence-corrected chi connectivity index (χ3v) is 4.15. The summed E-state index contributed by atoms with van der Waals surface area (Å²) in [5.74, 6) is -0.0712. The quantitative estimate of drug-likeness (QED) is 0.842. The normalized spacial score (nSPS) is 10.4. The third-order valence-electron chi connectivity index (χ3n) is 1.88. The molecule has 0 aromatic carbocycles. The first-order chi connectivity index (χ1) is 7.65. The van der Waals surface area contributed by atoms with Crippen molar-refractivity contribution >= 4 is 41.2 Å². The van der Waals surface area contributed by atoms with E-state index in [1.165, 1.54) is 11.3 Å². The number of nitrogens with zero attached hydrogens (tertiary/aromatic N) is 1. The van der Waals surface area contributed by atoms with Crippen LogP contribution in [0.5, 0.6) is 0 Å². The predicted octanol–water partition coefficient (Wildman–Crippen LogP) is 2.73. The largest absolute Gasteiger partial charge is 0.345 e. The number of aromatic nitrogens is 1. The van der Waals surface area contributed by atoms with Crippen LogP contribution in [0.2, 0.25) is 0 Å². The van der Waals surface area contributed by atoms with Gasteiger partial charge in [-0.3, -0.25) is 4.79 Å². The summed E-state index contributed by atoms with van der Waals surface area (Å²) in [4.78, 5) is 18.5. The number of nitrogens with one attached hydrogen (secondary N) is 1. The fraction of sp³-hybridized carbons (Fsp3) is 0.200. The van der Waals surface area contributed by atoms with E-state index in [9.17, 15) is 4.79 Å². The van der Waals surface area contributed by atoms with E-state index in [0.717, 1.165) is 14.8 Å². The zero-order valence-electron chi connectivity index (χ0n) is 8.56. The molecule has 16 heavy (non-hydrogen) atoms. The molecule has 0 aliphatic heterocycles. The summed E-state index contributed by atoms with van der Waals surface area (Å²) in [7, 11) is 0. The molecule has 2 aromatic heterocycles. The first-order valence-electron chi connectivity index (χ1n) is 4.62. The van der Waals surface area contributed by atoms with Gasteiger partial charge in [0.05, 0.1) is 11.4 Å². The number of carbonyl (C=O) groups is 1. The van der Waals surface area contributed by atoms with Gasteiger partial charge in [0.15, 0.2) is 0 Å². The number of hydrogen-bond acceptors (Lipinski definition) is 5. The van der Waals surface area contributed by atoms with Crippen LogP contribution in [0.3, 0.4) is 0 Å². The van der Waals surface area contributed by atoms with Crippen molar-refractivity contribution in [2.45, 2.75) is 18.4 Å². The van der Waals surface area contributed by atoms with Gasteiger partial charge in [0.2, 0.25) is 0 Å². The van der Waals surface area contributed by atoms with Gasteiger partial charge in [-0.15, -0.1) is 35.3 Å². The molecule has 0 saturated heterocycles. The number of thiol groups is 1. The number of aryl methyl sites for hydroxylation is 1. The van der Waals surface area contributed by atoms with E-state index in [-0.39, 0.29) is 5.91 Å². The number of thiophene rings is 1. The topological polar surface area (TPSA) is 42.0 Å². The van der Waals surface area contributed by atoms with Gasteiger partial charge in [-0.2, -0.15) is 0 Å². The smallest absolute Gasteiger partial charge is 0.261 e. The molecule has 0 atom stereocenters. The van der Waals surface area contributed by atoms with Gasteiger partial charge in [0, 0.05) is 21.3 Å². The molecule has 6 heteroatoms. The summed E-state index contributed by atoms with van der Waals surface area (Å²) in [6.45, 7) is 2.48. The molecule has 0 unspecified atom stereocenters. The highest BCUT2D eigenvalue weighted by Gasteiger charge is 2.08. The lowest BCUT2D eigenvalue weighted by Gasteiger charge is -1.99. The first-order valence-corrected chi connectivity index (χ1v) is 6.76. The zero-order chi connectivity index (χ0) is 11.5. The van der Waals surface area contributed by atoms with Crippen molar-refractivity contribution in [1.82, 2.24) is 10.3 Å². The van der Waals surface area contributed by atoms with Gasteiger partial charge in [0.25, 0.3) is 5.91 Å². The summed E-state index contributed by atoms with van der Waals surface area (Å²) in [6.07, 6.45) is 1.81. The molecule has 3 nitrogen and oxygen atoms in total. The number of carbonyl (C=O) groups excluding carboxylic acids is 1. The molecule has 1 amide bonds. The first kappa shape index (κ1) is 11.6. The van der Waals surface area contributed by atoms with Gasteiger partial charge in [-0.05, 0) is 13.0 Å². The molecule has 0 bridgehead atoms. The van der Waals surface area contributed by atoms with Crippen molar-refractivity contribution in [2.24, 2.45) is 0 Å². The second-order valence-corrected chi connectivity index (χ2v) is 5.96. The van der Waals surface area contributed by atoms with Crippen LogP contribution in [-0.2, 0) is 6.54 Å². The Balaban J connectivity index is 1.93. The molecular weight excluding hydrogens is 260 g/mol. The monoisotopic (exact) mass is 270 g/mol. The number of thiazole rings is 1. The lowest BCUT2D eigenvalue weighted by atomic mass is 10.4. The molecule has 0 spiro atoms. The Morgan fingerprint density at radius 3 is 3.00 bits per heavy atom. The predicted molar refractivity (Wildman–Crippen MR) is 69.6 cm³/mol. The van der Waals surface area contributed by atoms with Crippen LogP contribution < -0.4 is 5.32 Å². The molecule has 0 aliphatic rings. The zero-order valence-corrected chi connectivity index (χ0v) is 11.1. The fourth-order valence-electron chi connectivity index (χ4n) is 1.17. The van der Waals surface area contributed by atoms with Crippen LogP contribution in [-0.4, -0.2) is 10.9 Å². The van der Waals surface area contributed by atoms with Crippen LogP contribution in [0, 0.1) is 6.92 Å². The average Bonchev–Trinajstić information content (AvgIpc) is 2.84. The number of amides is 1. The van der Waals surface area contributed by atoms with E-state index in [1.54, 1.807) is 17.4 Å². The van der Waals surface area contributed by atoms with Crippen LogP contribution in [0.1, 0.15) is 19.6 Å². The summed E-state index contributed by atoms with van der Waals surface area (Å²) < 4.78 is 0. The molecule has 0 aliphatic carbocycles. The fourth-order valence-corrected chi connectivity index (χ4v) is 2.96. The minimum atomic E-state index is -0.0712. The Bertz CT molecular complexity index is 504. The lowest BCUT2D eigenvalue weighted by molar-refractivity contribution is 0.0955. The van der Waals surface area contributed by atoms with Gasteiger partial charge in [-0.25, -0.2) is 4.98 Å². The van der Waals surface area contributed by atoms with Crippen LogP contribution in [0.25, 0.3) is 0 Å². The molecule has 0 radical (unpaired) electrons. The van der Waals surface area contributed by atoms with Crippen LogP contribution in [0.15, 0.2) is 22.5 Å². The molecule has 2 rings (SSSR count). The standard InChI is InChI=1S/C10H10N2OS3/c1-6-3-11-9(16-6)4-12-10(13)8-2-7(14)5-15-8/h2-3,5,14H,4H2,1H3,(H,12,13). The summed E-state index contributed by atoms with van der Waals surface area (Å²) in [5, 5.41) is 5.59. The maximum Gasteiger partial charge on any atom is 0.261 e. The molecule has 1 N–H and O–H groups in total. The molecule has 2 aromatic rings. The van der Waals surface area contributed by atoms with E-state index in [2.05, 4.69) is 22.9 Å². The second kappa shape index (κ2) is 4.99. The van der Waals surface area contributed by atoms with E-state index in [4.69, 9.17) is 0 Å². The van der Waals surface area contributed by atoms with Crippen LogP contribution >= 0.6 is 35.3 Å². The Labute approximate surface area is 107 Å². The third kappa shape index (κ3) is 2.84. The van der Waals surface area contributed by atoms with Gasteiger partial charge in [0.1, 0.15) is 5.01 Å². The number of hydrogen-bond donors (Lipinski definition) is 2. The van der Waals surface area contributed by atoms with E-state index in [0.29, 0.717) is 11.4 Å². The Hall–Kier alpha value is -0.850. The molecule has 0 saturated carbocycles. The van der Waals surface area contributed by atoms with E-state index < -0.39 is 0 Å². The van der Waals surface area contributed by atoms with Crippen LogP contribution in [0.4, 0.5) is 0 Å². The summed E-state index contributed by atoms with van der Waals surface area (Å²) in [6, 6.07) is 1.76. The van der Waals surface area contributed by atoms with Crippen molar-refractivity contribution in [3.05, 3.63) is 32.4 Å². The molecular formula is C10H10N2OS3. The minimum absolute atomic E-state index is 0.0712. The molecule has 2 heterocycles. The van der Waals surface area contributed by atoms with Crippen molar-refractivity contribution in [2.75, 3.05) is 0 Å². The Kier molecular flexibility index (Phi) is 3.63. The Morgan fingerprint density at radius 1 is 1.62 bits per heavy atom. The average molecular weight is 270 g/mol. The maximum atomic E-state index is 11.7.